The molecule has 2 saturated carbocycles. The van der Waals surface area contributed by atoms with Crippen LogP contribution in [0.3, 0.4) is 0 Å². The van der Waals surface area contributed by atoms with Crippen LogP contribution < -0.4 is 0 Å². The number of aliphatic hydroxyl groups is 1. The first kappa shape index (κ1) is 14.2. The molecule has 4 heteroatoms. The van der Waals surface area contributed by atoms with Gasteiger partial charge in [0.2, 0.25) is 5.91 Å². The highest BCUT2D eigenvalue weighted by Crippen LogP contribution is 2.49. The number of likely N-dealkylation sites (tertiary alicyclic amines) is 1. The van der Waals surface area contributed by atoms with Crippen LogP contribution in [-0.4, -0.2) is 35.1 Å². The second kappa shape index (κ2) is 5.34. The van der Waals surface area contributed by atoms with Crippen LogP contribution in [0.1, 0.15) is 37.2 Å². The molecule has 1 aliphatic heterocycles. The fourth-order valence-electron chi connectivity index (χ4n) is 4.37. The Bertz CT molecular complexity index is 559. The van der Waals surface area contributed by atoms with E-state index in [9.17, 15) is 14.3 Å². The van der Waals surface area contributed by atoms with Gasteiger partial charge in [0.25, 0.3) is 0 Å². The maximum absolute atomic E-state index is 13.0. The third-order valence-corrected chi connectivity index (χ3v) is 5.74. The van der Waals surface area contributed by atoms with Crippen molar-refractivity contribution in [1.29, 1.82) is 0 Å². The Morgan fingerprint density at radius 3 is 2.41 bits per heavy atom. The van der Waals surface area contributed by atoms with Crippen LogP contribution in [0.2, 0.25) is 0 Å². The van der Waals surface area contributed by atoms with Gasteiger partial charge in [-0.25, -0.2) is 4.39 Å². The van der Waals surface area contributed by atoms with E-state index in [2.05, 4.69) is 0 Å². The fourth-order valence-corrected chi connectivity index (χ4v) is 4.37. The van der Waals surface area contributed by atoms with Crippen molar-refractivity contribution in [2.24, 2.45) is 17.8 Å². The number of carbonyl (C=O) groups excluding carboxylic acids is 1. The summed E-state index contributed by atoms with van der Waals surface area (Å²) in [6.07, 6.45) is 3.90. The number of rotatable bonds is 2. The summed E-state index contributed by atoms with van der Waals surface area (Å²) in [6.45, 7) is 1.42. The number of halogens is 1. The maximum Gasteiger partial charge on any atom is 0.226 e. The summed E-state index contributed by atoms with van der Waals surface area (Å²) in [5.41, 5.74) is 1.07. The molecule has 0 spiro atoms. The second-order valence-corrected chi connectivity index (χ2v) is 7.19. The lowest BCUT2D eigenvalue weighted by Gasteiger charge is -2.45. The molecule has 3 nitrogen and oxygen atoms in total. The number of nitrogens with zero attached hydrogens (tertiary/aromatic N) is 1. The minimum Gasteiger partial charge on any atom is -0.392 e. The molecule has 1 unspecified atom stereocenters. The predicted octanol–water partition coefficient (Wildman–Crippen LogP) is 2.55. The number of fused-ring (bicyclic) bond motifs is 2. The van der Waals surface area contributed by atoms with Crippen molar-refractivity contribution < 1.29 is 14.3 Å². The van der Waals surface area contributed by atoms with Crippen molar-refractivity contribution in [3.63, 3.8) is 0 Å². The van der Waals surface area contributed by atoms with E-state index in [1.165, 1.54) is 18.6 Å². The number of hydrogen-bond acceptors (Lipinski definition) is 2. The van der Waals surface area contributed by atoms with Gasteiger partial charge in [-0.05, 0) is 42.9 Å². The Balaban J connectivity index is 1.42. The SMILES string of the molecule is O=C([C@@H]1C[C@@H]1c1ccc(F)cc1)N1C[C@H]2CCC[C@@H](C1)C2O. The molecular weight excluding hydrogens is 281 g/mol. The quantitative estimate of drug-likeness (QED) is 0.912. The Kier molecular flexibility index (Phi) is 3.44. The Hall–Kier alpha value is -1.42. The van der Waals surface area contributed by atoms with Gasteiger partial charge in [-0.1, -0.05) is 18.6 Å². The summed E-state index contributed by atoms with van der Waals surface area (Å²) in [4.78, 5) is 14.7. The molecule has 1 amide bonds. The van der Waals surface area contributed by atoms with Crippen LogP contribution in [0, 0.1) is 23.6 Å². The topological polar surface area (TPSA) is 40.5 Å². The zero-order valence-corrected chi connectivity index (χ0v) is 12.6. The average Bonchev–Trinajstić information content (AvgIpc) is 3.27. The zero-order chi connectivity index (χ0) is 15.3. The van der Waals surface area contributed by atoms with Gasteiger partial charge in [-0.15, -0.1) is 0 Å². The van der Waals surface area contributed by atoms with Crippen LogP contribution >= 0.6 is 0 Å². The molecule has 118 valence electrons. The molecule has 1 aromatic carbocycles. The van der Waals surface area contributed by atoms with Gasteiger partial charge in [-0.3, -0.25) is 4.79 Å². The number of piperidine rings is 1. The summed E-state index contributed by atoms with van der Waals surface area (Å²) >= 11 is 0. The van der Waals surface area contributed by atoms with Crippen LogP contribution in [0.15, 0.2) is 24.3 Å². The van der Waals surface area contributed by atoms with E-state index in [1.54, 1.807) is 12.1 Å². The minimum absolute atomic E-state index is 0.0569. The molecular formula is C18H22FNO2. The van der Waals surface area contributed by atoms with E-state index in [-0.39, 0.29) is 41.5 Å². The highest BCUT2D eigenvalue weighted by atomic mass is 19.1. The van der Waals surface area contributed by atoms with Gasteiger partial charge in [0, 0.05) is 30.8 Å². The lowest BCUT2D eigenvalue weighted by molar-refractivity contribution is -0.141. The van der Waals surface area contributed by atoms with E-state index in [4.69, 9.17) is 0 Å². The smallest absolute Gasteiger partial charge is 0.226 e. The Morgan fingerprint density at radius 2 is 1.77 bits per heavy atom. The summed E-state index contributed by atoms with van der Waals surface area (Å²) in [6, 6.07) is 6.53. The fraction of sp³-hybridized carbons (Fsp3) is 0.611. The maximum atomic E-state index is 13.0. The Labute approximate surface area is 130 Å². The Morgan fingerprint density at radius 1 is 1.14 bits per heavy atom. The first-order valence-corrected chi connectivity index (χ1v) is 8.36. The van der Waals surface area contributed by atoms with E-state index >= 15 is 0 Å². The van der Waals surface area contributed by atoms with Crippen molar-refractivity contribution in [1.82, 2.24) is 4.90 Å². The number of amides is 1. The van der Waals surface area contributed by atoms with Crippen LogP contribution in [-0.2, 0) is 4.79 Å². The largest absolute Gasteiger partial charge is 0.392 e. The molecule has 3 aliphatic rings. The molecule has 2 bridgehead atoms. The highest BCUT2D eigenvalue weighted by molar-refractivity contribution is 5.83. The van der Waals surface area contributed by atoms with Gasteiger partial charge < -0.3 is 10.0 Å². The molecule has 3 fully saturated rings. The molecule has 0 radical (unpaired) electrons. The number of benzene rings is 1. The normalized spacial score (nSPS) is 37.0. The molecule has 1 heterocycles. The van der Waals surface area contributed by atoms with Crippen molar-refractivity contribution in [2.75, 3.05) is 13.1 Å². The summed E-state index contributed by atoms with van der Waals surface area (Å²) in [5.74, 6) is 0.836. The summed E-state index contributed by atoms with van der Waals surface area (Å²) < 4.78 is 13.0. The van der Waals surface area contributed by atoms with Gasteiger partial charge in [0.1, 0.15) is 5.82 Å². The molecule has 4 rings (SSSR count). The van der Waals surface area contributed by atoms with Gasteiger partial charge in [-0.2, -0.15) is 0 Å². The van der Waals surface area contributed by atoms with Gasteiger partial charge in [0.05, 0.1) is 6.10 Å². The van der Waals surface area contributed by atoms with Crippen LogP contribution in [0.4, 0.5) is 4.39 Å². The molecule has 5 atom stereocenters. The van der Waals surface area contributed by atoms with Crippen molar-refractivity contribution >= 4 is 5.91 Å². The molecule has 0 aromatic heterocycles. The third kappa shape index (κ3) is 2.43. The van der Waals surface area contributed by atoms with E-state index in [0.29, 0.717) is 13.1 Å². The molecule has 22 heavy (non-hydrogen) atoms. The number of hydrogen-bond donors (Lipinski definition) is 1. The number of aliphatic hydroxyl groups excluding tert-OH is 1. The van der Waals surface area contributed by atoms with Gasteiger partial charge >= 0.3 is 0 Å². The van der Waals surface area contributed by atoms with Gasteiger partial charge in [0.15, 0.2) is 0 Å². The summed E-state index contributed by atoms with van der Waals surface area (Å²) in [7, 11) is 0. The average molecular weight is 303 g/mol. The van der Waals surface area contributed by atoms with Crippen LogP contribution in [0.25, 0.3) is 0 Å². The lowest BCUT2D eigenvalue weighted by atomic mass is 9.75. The van der Waals surface area contributed by atoms with E-state index < -0.39 is 0 Å². The minimum atomic E-state index is -0.231. The van der Waals surface area contributed by atoms with E-state index in [1.807, 2.05) is 4.90 Å². The lowest BCUT2D eigenvalue weighted by Crippen LogP contribution is -2.53. The zero-order valence-electron chi connectivity index (χ0n) is 12.6. The predicted molar refractivity (Wildman–Crippen MR) is 80.7 cm³/mol. The first-order chi connectivity index (χ1) is 10.6. The molecule has 1 N–H and O–H groups in total. The monoisotopic (exact) mass is 303 g/mol. The first-order valence-electron chi connectivity index (χ1n) is 8.36. The molecule has 2 aliphatic carbocycles. The van der Waals surface area contributed by atoms with Crippen LogP contribution in [0.5, 0.6) is 0 Å². The standard InChI is InChI=1S/C18H22FNO2/c19-14-6-4-11(5-7-14)15-8-16(15)18(22)20-9-12-2-1-3-13(10-20)17(12)21/h4-7,12-13,15-17,21H,1-3,8-10H2/t12-,13+,15-,16-,17?/m1/s1. The van der Waals surface area contributed by atoms with Crippen molar-refractivity contribution in [3.8, 4) is 0 Å². The third-order valence-electron chi connectivity index (χ3n) is 5.74. The van der Waals surface area contributed by atoms with Crippen molar-refractivity contribution in [3.05, 3.63) is 35.6 Å². The van der Waals surface area contributed by atoms with E-state index in [0.717, 1.165) is 24.8 Å². The molecule has 1 aromatic rings. The highest BCUT2D eigenvalue weighted by Gasteiger charge is 2.48. The van der Waals surface area contributed by atoms with Crippen molar-refractivity contribution in [2.45, 2.75) is 37.7 Å². The summed E-state index contributed by atoms with van der Waals surface area (Å²) in [5, 5.41) is 10.2. The second-order valence-electron chi connectivity index (χ2n) is 7.19. The number of carbonyl (C=O) groups is 1. The molecule has 1 saturated heterocycles.